The lowest BCUT2D eigenvalue weighted by Crippen LogP contribution is -2.54. The fourth-order valence-electron chi connectivity index (χ4n) is 6.00. The van der Waals surface area contributed by atoms with Crippen LogP contribution < -0.4 is 10.2 Å². The maximum absolute atomic E-state index is 13.6. The average molecular weight is 391 g/mol. The number of hydrogen-bond acceptors (Lipinski definition) is 4. The number of nitrogens with one attached hydrogen (secondary N) is 1. The lowest BCUT2D eigenvalue weighted by molar-refractivity contribution is -0.135. The number of imide groups is 1. The zero-order valence-electron chi connectivity index (χ0n) is 15.5. The van der Waals surface area contributed by atoms with Crippen LogP contribution >= 0.6 is 0 Å². The van der Waals surface area contributed by atoms with E-state index in [-0.39, 0.29) is 23.8 Å². The van der Waals surface area contributed by atoms with Gasteiger partial charge in [-0.1, -0.05) is 18.2 Å². The molecular formula is C22H18FN3O3. The molecule has 4 aliphatic heterocycles. The Hall–Kier alpha value is -3.06. The molecule has 4 heterocycles. The molecule has 1 spiro atoms. The molecule has 1 N–H and O–H groups in total. The zero-order chi connectivity index (χ0) is 19.9. The van der Waals surface area contributed by atoms with E-state index in [1.807, 2.05) is 24.3 Å². The van der Waals surface area contributed by atoms with Gasteiger partial charge in [-0.2, -0.15) is 0 Å². The van der Waals surface area contributed by atoms with Crippen molar-refractivity contribution in [1.82, 2.24) is 4.90 Å². The van der Waals surface area contributed by atoms with Gasteiger partial charge in [0.2, 0.25) is 17.7 Å². The first-order valence-corrected chi connectivity index (χ1v) is 9.86. The van der Waals surface area contributed by atoms with Crippen LogP contribution in [0, 0.1) is 17.7 Å². The van der Waals surface area contributed by atoms with Crippen LogP contribution in [-0.4, -0.2) is 35.2 Å². The Morgan fingerprint density at radius 1 is 1.00 bits per heavy atom. The predicted molar refractivity (Wildman–Crippen MR) is 102 cm³/mol. The molecule has 3 saturated heterocycles. The van der Waals surface area contributed by atoms with Crippen LogP contribution in [0.5, 0.6) is 0 Å². The summed E-state index contributed by atoms with van der Waals surface area (Å²) in [6.45, 7) is 0.677. The number of carbonyl (C=O) groups excluding carboxylic acids is 3. The van der Waals surface area contributed by atoms with Crippen LogP contribution in [-0.2, 0) is 19.9 Å². The second-order valence-electron chi connectivity index (χ2n) is 8.16. The summed E-state index contributed by atoms with van der Waals surface area (Å²) in [7, 11) is 0. The molecule has 0 bridgehead atoms. The number of amides is 3. The molecule has 0 aromatic heterocycles. The molecule has 4 aliphatic rings. The highest BCUT2D eigenvalue weighted by molar-refractivity contribution is 6.25. The van der Waals surface area contributed by atoms with Gasteiger partial charge in [0.25, 0.3) is 0 Å². The van der Waals surface area contributed by atoms with E-state index in [2.05, 4.69) is 10.2 Å². The number of benzene rings is 2. The second-order valence-corrected chi connectivity index (χ2v) is 8.16. The van der Waals surface area contributed by atoms with Crippen molar-refractivity contribution in [2.45, 2.75) is 24.4 Å². The Morgan fingerprint density at radius 2 is 1.76 bits per heavy atom. The summed E-state index contributed by atoms with van der Waals surface area (Å²) >= 11 is 0. The molecule has 4 atom stereocenters. The first-order chi connectivity index (χ1) is 14.0. The van der Waals surface area contributed by atoms with E-state index in [0.29, 0.717) is 17.9 Å². The third-order valence-corrected chi connectivity index (χ3v) is 6.98. The standard InChI is InChI=1S/C22H18FN3O3/c23-12-7-9-13(10-8-12)26-19(27)17-16-6-3-11-25(16)22(18(17)20(26)28)14-4-1-2-5-15(14)24-21(22)29/h1-2,4-5,7-10,16-18H,3,6,11H2,(H,24,29)/t16-,17+,18+,22-/m0/s1. The van der Waals surface area contributed by atoms with Crippen LogP contribution in [0.15, 0.2) is 48.5 Å². The van der Waals surface area contributed by atoms with Crippen LogP contribution in [0.25, 0.3) is 0 Å². The zero-order valence-corrected chi connectivity index (χ0v) is 15.5. The molecule has 0 unspecified atom stereocenters. The molecular weight excluding hydrogens is 373 g/mol. The fourth-order valence-corrected chi connectivity index (χ4v) is 6.00. The van der Waals surface area contributed by atoms with Crippen molar-refractivity contribution in [3.8, 4) is 0 Å². The topological polar surface area (TPSA) is 69.7 Å². The SMILES string of the molecule is O=C1[C@@H]2[C@@H]3CCCN3[C@]3(C(=O)Nc4ccccc43)[C@H]2C(=O)N1c1ccc(F)cc1. The predicted octanol–water partition coefficient (Wildman–Crippen LogP) is 2.26. The van der Waals surface area contributed by atoms with Gasteiger partial charge >= 0.3 is 0 Å². The molecule has 3 amide bonds. The van der Waals surface area contributed by atoms with E-state index in [1.54, 1.807) is 0 Å². The number of hydrogen-bond donors (Lipinski definition) is 1. The molecule has 2 aromatic rings. The van der Waals surface area contributed by atoms with Gasteiger partial charge in [-0.15, -0.1) is 0 Å². The number of nitrogens with zero attached hydrogens (tertiary/aromatic N) is 2. The van der Waals surface area contributed by atoms with E-state index in [1.165, 1.54) is 24.3 Å². The fraction of sp³-hybridized carbons (Fsp3) is 0.318. The summed E-state index contributed by atoms with van der Waals surface area (Å²) in [6, 6.07) is 12.6. The average Bonchev–Trinajstić information content (AvgIpc) is 3.41. The molecule has 146 valence electrons. The van der Waals surface area contributed by atoms with Crippen molar-refractivity contribution >= 4 is 29.1 Å². The molecule has 0 saturated carbocycles. The largest absolute Gasteiger partial charge is 0.324 e. The Morgan fingerprint density at radius 3 is 2.55 bits per heavy atom. The van der Waals surface area contributed by atoms with E-state index in [0.717, 1.165) is 23.3 Å². The summed E-state index contributed by atoms with van der Waals surface area (Å²) < 4.78 is 13.4. The summed E-state index contributed by atoms with van der Waals surface area (Å²) in [4.78, 5) is 43.7. The smallest absolute Gasteiger partial charge is 0.250 e. The van der Waals surface area contributed by atoms with Gasteiger partial charge in [0, 0.05) is 17.3 Å². The van der Waals surface area contributed by atoms with Crippen LogP contribution in [0.1, 0.15) is 18.4 Å². The van der Waals surface area contributed by atoms with Gasteiger partial charge in [0.1, 0.15) is 11.4 Å². The summed E-state index contributed by atoms with van der Waals surface area (Å²) in [5.74, 6) is -2.71. The lowest BCUT2D eigenvalue weighted by Gasteiger charge is -2.36. The lowest BCUT2D eigenvalue weighted by atomic mass is 9.75. The highest BCUT2D eigenvalue weighted by Crippen LogP contribution is 2.60. The molecule has 3 fully saturated rings. The summed E-state index contributed by atoms with van der Waals surface area (Å²) in [5.41, 5.74) is 0.655. The van der Waals surface area contributed by atoms with Gasteiger partial charge < -0.3 is 5.32 Å². The highest BCUT2D eigenvalue weighted by atomic mass is 19.1. The summed E-state index contributed by atoms with van der Waals surface area (Å²) in [5, 5.41) is 2.94. The molecule has 7 heteroatoms. The van der Waals surface area contributed by atoms with E-state index >= 15 is 0 Å². The summed E-state index contributed by atoms with van der Waals surface area (Å²) in [6.07, 6.45) is 1.65. The number of fused-ring (bicyclic) bond motifs is 7. The van der Waals surface area contributed by atoms with Crippen molar-refractivity contribution in [3.63, 3.8) is 0 Å². The van der Waals surface area contributed by atoms with Crippen molar-refractivity contribution < 1.29 is 18.8 Å². The molecule has 0 radical (unpaired) electrons. The van der Waals surface area contributed by atoms with E-state index in [4.69, 9.17) is 0 Å². The first kappa shape index (κ1) is 16.9. The van der Waals surface area contributed by atoms with E-state index in [9.17, 15) is 18.8 Å². The maximum Gasteiger partial charge on any atom is 0.250 e. The van der Waals surface area contributed by atoms with Gasteiger partial charge in [0.05, 0.1) is 17.5 Å². The number of halogens is 1. The Balaban J connectivity index is 1.55. The van der Waals surface area contributed by atoms with E-state index < -0.39 is 23.2 Å². The van der Waals surface area contributed by atoms with Gasteiger partial charge in [-0.25, -0.2) is 9.29 Å². The van der Waals surface area contributed by atoms with Gasteiger partial charge in [-0.3, -0.25) is 19.3 Å². The van der Waals surface area contributed by atoms with Gasteiger partial charge in [-0.05, 0) is 49.7 Å². The minimum Gasteiger partial charge on any atom is -0.324 e. The molecule has 29 heavy (non-hydrogen) atoms. The second kappa shape index (κ2) is 5.51. The Labute approximate surface area is 166 Å². The van der Waals surface area contributed by atoms with Gasteiger partial charge in [0.15, 0.2) is 0 Å². The van der Waals surface area contributed by atoms with Crippen molar-refractivity contribution in [1.29, 1.82) is 0 Å². The number of carbonyl (C=O) groups is 3. The van der Waals surface area contributed by atoms with Crippen molar-refractivity contribution in [3.05, 3.63) is 59.9 Å². The Kier molecular flexibility index (Phi) is 3.20. The highest BCUT2D eigenvalue weighted by Gasteiger charge is 2.74. The number of para-hydroxylation sites is 1. The third kappa shape index (κ3) is 1.86. The molecule has 6 nitrogen and oxygen atoms in total. The number of anilines is 2. The quantitative estimate of drug-likeness (QED) is 0.757. The molecule has 2 aromatic carbocycles. The number of rotatable bonds is 1. The maximum atomic E-state index is 13.6. The van der Waals surface area contributed by atoms with Crippen LogP contribution in [0.4, 0.5) is 15.8 Å². The first-order valence-electron chi connectivity index (χ1n) is 9.86. The van der Waals surface area contributed by atoms with Crippen molar-refractivity contribution in [2.24, 2.45) is 11.8 Å². The van der Waals surface area contributed by atoms with Crippen LogP contribution in [0.2, 0.25) is 0 Å². The normalized spacial score (nSPS) is 32.7. The minimum atomic E-state index is -1.16. The molecule has 0 aliphatic carbocycles. The molecule has 6 rings (SSSR count). The minimum absolute atomic E-state index is 0.154. The van der Waals surface area contributed by atoms with Crippen LogP contribution in [0.3, 0.4) is 0 Å². The third-order valence-electron chi connectivity index (χ3n) is 6.98. The Bertz CT molecular complexity index is 1080. The monoisotopic (exact) mass is 391 g/mol. The van der Waals surface area contributed by atoms with Crippen molar-refractivity contribution in [2.75, 3.05) is 16.8 Å².